The van der Waals surface area contributed by atoms with Gasteiger partial charge in [0.05, 0.1) is 5.56 Å². The van der Waals surface area contributed by atoms with E-state index in [0.29, 0.717) is 12.1 Å². The minimum atomic E-state index is -4.83. The fourth-order valence-corrected chi connectivity index (χ4v) is 1.02. The van der Waals surface area contributed by atoms with Crippen LogP contribution in [-0.2, 0) is 0 Å². The van der Waals surface area contributed by atoms with Gasteiger partial charge < -0.3 is 0 Å². The van der Waals surface area contributed by atoms with E-state index in [1.165, 1.54) is 0 Å². The highest BCUT2D eigenvalue weighted by molar-refractivity contribution is 5.96. The van der Waals surface area contributed by atoms with E-state index < -0.39 is 41.4 Å². The SMILES string of the molecule is O=C(CC(F)(F)F)c1ccc(F)c(F)c1F. The second-order valence-electron chi connectivity index (χ2n) is 2.94. The van der Waals surface area contributed by atoms with E-state index >= 15 is 0 Å². The summed E-state index contributed by atoms with van der Waals surface area (Å²) in [6.45, 7) is 0. The Hall–Kier alpha value is -1.53. The second-order valence-corrected chi connectivity index (χ2v) is 2.94. The van der Waals surface area contributed by atoms with Crippen molar-refractivity contribution >= 4 is 5.78 Å². The predicted molar refractivity (Wildman–Crippen MR) is 41.3 cm³/mol. The molecule has 0 fully saturated rings. The number of hydrogen-bond donors (Lipinski definition) is 0. The van der Waals surface area contributed by atoms with Crippen molar-refractivity contribution in [3.8, 4) is 0 Å². The molecule has 0 N–H and O–H groups in total. The smallest absolute Gasteiger partial charge is 0.294 e. The third-order valence-electron chi connectivity index (χ3n) is 1.70. The maximum Gasteiger partial charge on any atom is 0.396 e. The van der Waals surface area contributed by atoms with Crippen LogP contribution in [0.15, 0.2) is 12.1 Å². The number of carbonyl (C=O) groups excluding carboxylic acids is 1. The number of halogens is 6. The van der Waals surface area contributed by atoms with E-state index in [0.717, 1.165) is 0 Å². The fourth-order valence-electron chi connectivity index (χ4n) is 1.02. The summed E-state index contributed by atoms with van der Waals surface area (Å²) in [7, 11) is 0. The Morgan fingerprint density at radius 1 is 1.06 bits per heavy atom. The van der Waals surface area contributed by atoms with Gasteiger partial charge in [0, 0.05) is 0 Å². The summed E-state index contributed by atoms with van der Waals surface area (Å²) in [5.41, 5.74) is -1.11. The Balaban J connectivity index is 3.06. The van der Waals surface area contributed by atoms with Crippen LogP contribution >= 0.6 is 0 Å². The van der Waals surface area contributed by atoms with E-state index in [-0.39, 0.29) is 0 Å². The molecule has 0 saturated heterocycles. The molecule has 88 valence electrons. The molecule has 1 aromatic rings. The maximum atomic E-state index is 12.9. The molecule has 0 amide bonds. The molecule has 7 heteroatoms. The van der Waals surface area contributed by atoms with Gasteiger partial charge in [-0.05, 0) is 12.1 Å². The zero-order valence-corrected chi connectivity index (χ0v) is 7.54. The Bertz CT molecular complexity index is 423. The molecule has 0 saturated carbocycles. The number of carbonyl (C=O) groups is 1. The van der Waals surface area contributed by atoms with Crippen LogP contribution in [0.1, 0.15) is 16.8 Å². The lowest BCUT2D eigenvalue weighted by Gasteiger charge is -2.06. The first-order chi connectivity index (χ1) is 7.22. The summed E-state index contributed by atoms with van der Waals surface area (Å²) in [5, 5.41) is 0. The second kappa shape index (κ2) is 4.15. The lowest BCUT2D eigenvalue weighted by atomic mass is 10.1. The van der Waals surface area contributed by atoms with Gasteiger partial charge in [-0.1, -0.05) is 0 Å². The van der Waals surface area contributed by atoms with Crippen LogP contribution in [0.2, 0.25) is 0 Å². The minimum absolute atomic E-state index is 0.391. The molecule has 0 heterocycles. The quantitative estimate of drug-likeness (QED) is 0.442. The van der Waals surface area contributed by atoms with Gasteiger partial charge in [-0.2, -0.15) is 13.2 Å². The number of ketones is 1. The van der Waals surface area contributed by atoms with Crippen molar-refractivity contribution in [3.05, 3.63) is 35.1 Å². The number of hydrogen-bond acceptors (Lipinski definition) is 1. The Kier molecular flexibility index (Phi) is 3.25. The molecule has 0 bridgehead atoms. The average Bonchev–Trinajstić information content (AvgIpc) is 2.11. The molecular formula is C9H4F6O. The molecular weight excluding hydrogens is 238 g/mol. The molecule has 0 aliphatic carbocycles. The molecule has 1 nitrogen and oxygen atoms in total. The molecule has 0 atom stereocenters. The number of benzene rings is 1. The maximum absolute atomic E-state index is 12.9. The van der Waals surface area contributed by atoms with E-state index in [2.05, 4.69) is 0 Å². The molecule has 0 radical (unpaired) electrons. The Morgan fingerprint density at radius 2 is 1.62 bits per heavy atom. The van der Waals surface area contributed by atoms with Gasteiger partial charge >= 0.3 is 6.18 Å². The van der Waals surface area contributed by atoms with Gasteiger partial charge in [0.25, 0.3) is 0 Å². The Labute approximate surface area is 85.7 Å². The van der Waals surface area contributed by atoms with E-state index in [4.69, 9.17) is 0 Å². The molecule has 0 aromatic heterocycles. The van der Waals surface area contributed by atoms with Crippen molar-refractivity contribution in [1.29, 1.82) is 0 Å². The average molecular weight is 242 g/mol. The van der Waals surface area contributed by atoms with Gasteiger partial charge in [-0.3, -0.25) is 4.79 Å². The number of rotatable bonds is 2. The summed E-state index contributed by atoms with van der Waals surface area (Å²) in [5.74, 6) is -7.09. The highest BCUT2D eigenvalue weighted by Gasteiger charge is 2.33. The van der Waals surface area contributed by atoms with Crippen LogP contribution in [-0.4, -0.2) is 12.0 Å². The number of alkyl halides is 3. The van der Waals surface area contributed by atoms with Gasteiger partial charge in [0.15, 0.2) is 23.2 Å². The highest BCUT2D eigenvalue weighted by Crippen LogP contribution is 2.24. The monoisotopic (exact) mass is 242 g/mol. The van der Waals surface area contributed by atoms with Crippen molar-refractivity contribution in [1.82, 2.24) is 0 Å². The Morgan fingerprint density at radius 3 is 2.12 bits per heavy atom. The van der Waals surface area contributed by atoms with Crippen LogP contribution in [0.4, 0.5) is 26.3 Å². The first-order valence-electron chi connectivity index (χ1n) is 3.96. The van der Waals surface area contributed by atoms with Crippen LogP contribution in [0.25, 0.3) is 0 Å². The molecule has 16 heavy (non-hydrogen) atoms. The highest BCUT2D eigenvalue weighted by atomic mass is 19.4. The summed E-state index contributed by atoms with van der Waals surface area (Å²) in [6.07, 6.45) is -6.75. The summed E-state index contributed by atoms with van der Waals surface area (Å²) < 4.78 is 73.3. The lowest BCUT2D eigenvalue weighted by molar-refractivity contribution is -0.125. The van der Waals surface area contributed by atoms with E-state index in [9.17, 15) is 31.1 Å². The summed E-state index contributed by atoms with van der Waals surface area (Å²) in [4.78, 5) is 10.9. The third kappa shape index (κ3) is 2.74. The van der Waals surface area contributed by atoms with Crippen LogP contribution in [0.3, 0.4) is 0 Å². The fraction of sp³-hybridized carbons (Fsp3) is 0.222. The molecule has 0 spiro atoms. The zero-order chi connectivity index (χ0) is 12.5. The summed E-state index contributed by atoms with van der Waals surface area (Å²) >= 11 is 0. The standard InChI is InChI=1S/C9H4F6O/c10-5-2-1-4(7(11)8(5)12)6(16)3-9(13,14)15/h1-2H,3H2. The van der Waals surface area contributed by atoms with Gasteiger partial charge in [0.2, 0.25) is 0 Å². The number of Topliss-reactive ketones (excluding diaryl/α,β-unsaturated/α-hetero) is 1. The van der Waals surface area contributed by atoms with E-state index in [1.54, 1.807) is 0 Å². The van der Waals surface area contributed by atoms with Crippen molar-refractivity contribution < 1.29 is 31.1 Å². The van der Waals surface area contributed by atoms with Crippen LogP contribution < -0.4 is 0 Å². The molecule has 0 unspecified atom stereocenters. The topological polar surface area (TPSA) is 17.1 Å². The van der Waals surface area contributed by atoms with Crippen LogP contribution in [0, 0.1) is 17.5 Å². The van der Waals surface area contributed by atoms with Crippen molar-refractivity contribution in [3.63, 3.8) is 0 Å². The molecule has 1 rings (SSSR count). The largest absolute Gasteiger partial charge is 0.396 e. The van der Waals surface area contributed by atoms with E-state index in [1.807, 2.05) is 0 Å². The molecule has 1 aromatic carbocycles. The summed E-state index contributed by atoms with van der Waals surface area (Å²) in [6, 6.07) is 0.865. The first kappa shape index (κ1) is 12.5. The minimum Gasteiger partial charge on any atom is -0.294 e. The third-order valence-corrected chi connectivity index (χ3v) is 1.70. The van der Waals surface area contributed by atoms with Crippen molar-refractivity contribution in [2.24, 2.45) is 0 Å². The lowest BCUT2D eigenvalue weighted by Crippen LogP contribution is -2.16. The zero-order valence-electron chi connectivity index (χ0n) is 7.54. The van der Waals surface area contributed by atoms with Crippen LogP contribution in [0.5, 0.6) is 0 Å². The first-order valence-corrected chi connectivity index (χ1v) is 3.96. The van der Waals surface area contributed by atoms with Gasteiger partial charge in [-0.15, -0.1) is 0 Å². The van der Waals surface area contributed by atoms with Crippen molar-refractivity contribution in [2.75, 3.05) is 0 Å². The molecule has 0 aliphatic rings. The van der Waals surface area contributed by atoms with Gasteiger partial charge in [-0.25, -0.2) is 13.2 Å². The molecule has 0 aliphatic heterocycles. The van der Waals surface area contributed by atoms with Gasteiger partial charge in [0.1, 0.15) is 6.42 Å². The van der Waals surface area contributed by atoms with Crippen molar-refractivity contribution in [2.45, 2.75) is 12.6 Å². The predicted octanol–water partition coefficient (Wildman–Crippen LogP) is 3.24. The normalized spacial score (nSPS) is 11.6.